The zero-order valence-electron chi connectivity index (χ0n) is 10.5. The first-order valence-electron chi connectivity index (χ1n) is 6.23. The third-order valence-corrected chi connectivity index (χ3v) is 3.95. The Labute approximate surface area is 97.5 Å². The predicted molar refractivity (Wildman–Crippen MR) is 63.9 cm³/mol. The van der Waals surface area contributed by atoms with Gasteiger partial charge >= 0.3 is 0 Å². The Balaban J connectivity index is 2.18. The summed E-state index contributed by atoms with van der Waals surface area (Å²) in [6, 6.07) is 0. The Bertz CT molecular complexity index is 359. The normalized spacial score (nSPS) is 30.9. The van der Waals surface area contributed by atoms with Crippen molar-refractivity contribution in [2.24, 2.45) is 18.9 Å². The van der Waals surface area contributed by atoms with Gasteiger partial charge in [0, 0.05) is 18.8 Å². The summed E-state index contributed by atoms with van der Waals surface area (Å²) in [5, 5.41) is 14.9. The summed E-state index contributed by atoms with van der Waals surface area (Å²) in [5.74, 6) is 1.29. The van der Waals surface area contributed by atoms with Crippen LogP contribution in [0, 0.1) is 11.8 Å². The molecular weight excluding hydrogens is 200 g/mol. The van der Waals surface area contributed by atoms with E-state index >= 15 is 0 Å². The van der Waals surface area contributed by atoms with E-state index in [-0.39, 0.29) is 0 Å². The Morgan fingerprint density at radius 3 is 2.88 bits per heavy atom. The zero-order valence-corrected chi connectivity index (χ0v) is 10.5. The number of hydrogen-bond donors (Lipinski definition) is 1. The first-order valence-corrected chi connectivity index (χ1v) is 6.23. The highest BCUT2D eigenvalue weighted by Gasteiger charge is 2.37. The van der Waals surface area contributed by atoms with Crippen LogP contribution in [0.15, 0.2) is 12.4 Å². The molecule has 1 aromatic rings. The van der Waals surface area contributed by atoms with E-state index < -0.39 is 5.60 Å². The maximum absolute atomic E-state index is 10.7. The summed E-state index contributed by atoms with van der Waals surface area (Å²) in [5.41, 5.74) is 0.349. The number of rotatable bonds is 2. The van der Waals surface area contributed by atoms with Crippen molar-refractivity contribution < 1.29 is 5.11 Å². The van der Waals surface area contributed by atoms with Gasteiger partial charge in [-0.25, -0.2) is 0 Å². The minimum atomic E-state index is -0.637. The van der Waals surface area contributed by atoms with Crippen molar-refractivity contribution in [3.63, 3.8) is 0 Å². The molecule has 0 saturated heterocycles. The molecule has 0 aromatic carbocycles. The van der Waals surface area contributed by atoms with E-state index in [0.29, 0.717) is 11.8 Å². The quantitative estimate of drug-likeness (QED) is 0.834. The van der Waals surface area contributed by atoms with Crippen LogP contribution in [0.1, 0.15) is 45.1 Å². The summed E-state index contributed by atoms with van der Waals surface area (Å²) >= 11 is 0. The molecule has 1 saturated carbocycles. The first kappa shape index (κ1) is 11.6. The number of nitrogens with zero attached hydrogens (tertiary/aromatic N) is 2. The zero-order chi connectivity index (χ0) is 11.8. The molecule has 1 heterocycles. The molecule has 3 nitrogen and oxygen atoms in total. The lowest BCUT2D eigenvalue weighted by Crippen LogP contribution is -2.34. The van der Waals surface area contributed by atoms with Gasteiger partial charge in [0.05, 0.1) is 11.8 Å². The summed E-state index contributed by atoms with van der Waals surface area (Å²) in [6.45, 7) is 4.50. The molecule has 3 heteroatoms. The highest BCUT2D eigenvalue weighted by molar-refractivity contribution is 5.16. The van der Waals surface area contributed by atoms with E-state index in [9.17, 15) is 5.11 Å². The van der Waals surface area contributed by atoms with Gasteiger partial charge in [0.15, 0.2) is 0 Å². The van der Waals surface area contributed by atoms with Crippen LogP contribution in [0.4, 0.5) is 0 Å². The van der Waals surface area contributed by atoms with Gasteiger partial charge in [-0.1, -0.05) is 13.8 Å². The molecule has 0 radical (unpaired) electrons. The van der Waals surface area contributed by atoms with Crippen molar-refractivity contribution in [3.8, 4) is 0 Å². The van der Waals surface area contributed by atoms with E-state index in [1.165, 1.54) is 6.42 Å². The van der Waals surface area contributed by atoms with Gasteiger partial charge in [0.2, 0.25) is 0 Å². The highest BCUT2D eigenvalue weighted by atomic mass is 16.3. The standard InChI is InChI=1S/C13H22N2O/c1-10(2)11-5-4-6-13(16,7-11)12-8-14-15(3)9-12/h8-11,16H,4-7H2,1-3H3. The average molecular weight is 222 g/mol. The van der Waals surface area contributed by atoms with Gasteiger partial charge in [-0.15, -0.1) is 0 Å². The van der Waals surface area contributed by atoms with E-state index in [4.69, 9.17) is 0 Å². The lowest BCUT2D eigenvalue weighted by Gasteiger charge is -2.38. The van der Waals surface area contributed by atoms with Crippen molar-refractivity contribution in [2.75, 3.05) is 0 Å². The smallest absolute Gasteiger partial charge is 0.0929 e. The van der Waals surface area contributed by atoms with Crippen LogP contribution in [0.25, 0.3) is 0 Å². The molecule has 2 rings (SSSR count). The lowest BCUT2D eigenvalue weighted by molar-refractivity contribution is -0.0295. The van der Waals surface area contributed by atoms with Crippen LogP contribution in [0.5, 0.6) is 0 Å². The lowest BCUT2D eigenvalue weighted by atomic mass is 9.71. The van der Waals surface area contributed by atoms with E-state index in [1.54, 1.807) is 4.68 Å². The van der Waals surface area contributed by atoms with Crippen LogP contribution in [0.2, 0.25) is 0 Å². The molecule has 0 amide bonds. The monoisotopic (exact) mass is 222 g/mol. The number of aliphatic hydroxyl groups is 1. The minimum Gasteiger partial charge on any atom is -0.385 e. The summed E-state index contributed by atoms with van der Waals surface area (Å²) < 4.78 is 1.77. The van der Waals surface area contributed by atoms with Crippen LogP contribution < -0.4 is 0 Å². The molecule has 1 aliphatic carbocycles. The predicted octanol–water partition coefficient (Wildman–Crippen LogP) is 2.45. The first-order chi connectivity index (χ1) is 7.51. The highest BCUT2D eigenvalue weighted by Crippen LogP contribution is 2.42. The molecule has 2 unspecified atom stereocenters. The van der Waals surface area contributed by atoms with Gasteiger partial charge in [0.1, 0.15) is 0 Å². The third kappa shape index (κ3) is 2.14. The maximum atomic E-state index is 10.7. The van der Waals surface area contributed by atoms with E-state index in [1.807, 2.05) is 19.4 Å². The molecule has 2 atom stereocenters. The summed E-state index contributed by atoms with van der Waals surface area (Å²) in [6.07, 6.45) is 7.89. The average Bonchev–Trinajstić information content (AvgIpc) is 2.65. The fourth-order valence-electron chi connectivity index (χ4n) is 2.79. The summed E-state index contributed by atoms with van der Waals surface area (Å²) in [7, 11) is 1.90. The van der Waals surface area contributed by atoms with Crippen molar-refractivity contribution in [2.45, 2.75) is 45.1 Å². The van der Waals surface area contributed by atoms with Crippen LogP contribution >= 0.6 is 0 Å². The second-order valence-electron chi connectivity index (χ2n) is 5.53. The number of aromatic nitrogens is 2. The molecule has 1 aliphatic rings. The number of aryl methyl sites for hydroxylation is 1. The second kappa shape index (κ2) is 4.21. The summed E-state index contributed by atoms with van der Waals surface area (Å²) in [4.78, 5) is 0. The SMILES string of the molecule is CC(C)C1CCCC(O)(c2cnn(C)c2)C1. The Hall–Kier alpha value is -0.830. The fourth-order valence-corrected chi connectivity index (χ4v) is 2.79. The largest absolute Gasteiger partial charge is 0.385 e. The maximum Gasteiger partial charge on any atom is 0.0929 e. The molecule has 0 spiro atoms. The topological polar surface area (TPSA) is 38.1 Å². The van der Waals surface area contributed by atoms with Crippen molar-refractivity contribution in [1.29, 1.82) is 0 Å². The number of hydrogen-bond acceptors (Lipinski definition) is 2. The molecule has 0 bridgehead atoms. The molecule has 0 aliphatic heterocycles. The minimum absolute atomic E-state index is 0.637. The van der Waals surface area contributed by atoms with Gasteiger partial charge in [-0.05, 0) is 37.5 Å². The Morgan fingerprint density at radius 1 is 1.56 bits per heavy atom. The van der Waals surface area contributed by atoms with Crippen molar-refractivity contribution in [3.05, 3.63) is 18.0 Å². The van der Waals surface area contributed by atoms with Crippen molar-refractivity contribution in [1.82, 2.24) is 9.78 Å². The van der Waals surface area contributed by atoms with Crippen LogP contribution in [-0.4, -0.2) is 14.9 Å². The molecule has 16 heavy (non-hydrogen) atoms. The van der Waals surface area contributed by atoms with E-state index in [0.717, 1.165) is 24.8 Å². The Kier molecular flexibility index (Phi) is 3.06. The van der Waals surface area contributed by atoms with Gasteiger partial charge in [0.25, 0.3) is 0 Å². The van der Waals surface area contributed by atoms with Crippen LogP contribution in [-0.2, 0) is 12.6 Å². The Morgan fingerprint density at radius 2 is 2.31 bits per heavy atom. The van der Waals surface area contributed by atoms with Gasteiger partial charge in [-0.3, -0.25) is 4.68 Å². The van der Waals surface area contributed by atoms with E-state index in [2.05, 4.69) is 18.9 Å². The molecular formula is C13H22N2O. The second-order valence-corrected chi connectivity index (χ2v) is 5.53. The molecule has 90 valence electrons. The fraction of sp³-hybridized carbons (Fsp3) is 0.769. The van der Waals surface area contributed by atoms with Crippen LogP contribution in [0.3, 0.4) is 0 Å². The third-order valence-electron chi connectivity index (χ3n) is 3.95. The molecule has 1 fully saturated rings. The molecule has 1 aromatic heterocycles. The van der Waals surface area contributed by atoms with Crippen molar-refractivity contribution >= 4 is 0 Å². The van der Waals surface area contributed by atoms with Gasteiger partial charge in [-0.2, -0.15) is 5.10 Å². The molecule has 1 N–H and O–H groups in total. The van der Waals surface area contributed by atoms with Gasteiger partial charge < -0.3 is 5.11 Å².